The molecular formula is C23H23N3O3. The normalized spacial score (nSPS) is 10.1. The number of rotatable bonds is 8. The van der Waals surface area contributed by atoms with Crippen LogP contribution in [0.2, 0.25) is 0 Å². The van der Waals surface area contributed by atoms with Crippen molar-refractivity contribution in [3.05, 3.63) is 84.4 Å². The summed E-state index contributed by atoms with van der Waals surface area (Å²) in [5, 5.41) is 8.71. The highest BCUT2D eigenvalue weighted by atomic mass is 16.5. The van der Waals surface area contributed by atoms with Gasteiger partial charge >= 0.3 is 0 Å². The lowest BCUT2D eigenvalue weighted by Gasteiger charge is -2.10. The van der Waals surface area contributed by atoms with E-state index in [1.807, 2.05) is 49.4 Å². The van der Waals surface area contributed by atoms with Crippen molar-refractivity contribution in [2.75, 3.05) is 29.1 Å². The molecule has 0 radical (unpaired) electrons. The van der Waals surface area contributed by atoms with E-state index >= 15 is 0 Å². The van der Waals surface area contributed by atoms with Crippen LogP contribution in [0, 0.1) is 0 Å². The molecule has 6 heteroatoms. The van der Waals surface area contributed by atoms with Crippen molar-refractivity contribution in [2.24, 2.45) is 0 Å². The van der Waals surface area contributed by atoms with Gasteiger partial charge in [0.2, 0.25) is 5.91 Å². The minimum Gasteiger partial charge on any atom is -0.494 e. The van der Waals surface area contributed by atoms with Gasteiger partial charge < -0.3 is 20.7 Å². The Hall–Kier alpha value is -3.80. The maximum absolute atomic E-state index is 12.3. The van der Waals surface area contributed by atoms with Gasteiger partial charge in [-0.05, 0) is 61.5 Å². The number of anilines is 3. The van der Waals surface area contributed by atoms with Crippen LogP contribution in [0.25, 0.3) is 0 Å². The molecule has 0 aromatic heterocycles. The quantitative estimate of drug-likeness (QED) is 0.534. The van der Waals surface area contributed by atoms with Crippen LogP contribution < -0.4 is 20.7 Å². The first-order valence-corrected chi connectivity index (χ1v) is 9.37. The molecule has 0 aliphatic heterocycles. The molecule has 2 amide bonds. The highest BCUT2D eigenvalue weighted by molar-refractivity contribution is 6.04. The van der Waals surface area contributed by atoms with Crippen molar-refractivity contribution in [1.82, 2.24) is 0 Å². The monoisotopic (exact) mass is 389 g/mol. The summed E-state index contributed by atoms with van der Waals surface area (Å²) in [7, 11) is 0. The summed E-state index contributed by atoms with van der Waals surface area (Å²) in [6, 6.07) is 23.4. The zero-order chi connectivity index (χ0) is 20.5. The fourth-order valence-corrected chi connectivity index (χ4v) is 2.69. The Balaban J connectivity index is 1.52. The van der Waals surface area contributed by atoms with E-state index in [0.29, 0.717) is 23.5 Å². The second-order valence-corrected chi connectivity index (χ2v) is 6.26. The van der Waals surface area contributed by atoms with Crippen LogP contribution in [0.5, 0.6) is 5.75 Å². The SMILES string of the molecule is CCOc1ccc(NCC(=O)Nc2cccc(NC(=O)c3ccccc3)c2)cc1. The van der Waals surface area contributed by atoms with Crippen LogP contribution in [0.3, 0.4) is 0 Å². The number of hydrogen-bond donors (Lipinski definition) is 3. The Labute approximate surface area is 169 Å². The average molecular weight is 389 g/mol. The van der Waals surface area contributed by atoms with Crippen molar-refractivity contribution in [3.63, 3.8) is 0 Å². The van der Waals surface area contributed by atoms with Crippen molar-refractivity contribution >= 4 is 28.9 Å². The summed E-state index contributed by atoms with van der Waals surface area (Å²) in [5.41, 5.74) is 2.61. The van der Waals surface area contributed by atoms with Crippen molar-refractivity contribution in [2.45, 2.75) is 6.92 Å². The third-order valence-electron chi connectivity index (χ3n) is 4.06. The Bertz CT molecular complexity index is 957. The Kier molecular flexibility index (Phi) is 6.84. The molecule has 6 nitrogen and oxygen atoms in total. The topological polar surface area (TPSA) is 79.5 Å². The van der Waals surface area contributed by atoms with Crippen molar-refractivity contribution in [3.8, 4) is 5.75 Å². The molecule has 29 heavy (non-hydrogen) atoms. The summed E-state index contributed by atoms with van der Waals surface area (Å²) in [6.45, 7) is 2.66. The molecule has 0 unspecified atom stereocenters. The summed E-state index contributed by atoms with van der Waals surface area (Å²) in [4.78, 5) is 24.5. The maximum atomic E-state index is 12.3. The molecule has 3 aromatic carbocycles. The molecule has 0 heterocycles. The first-order valence-electron chi connectivity index (χ1n) is 9.37. The second kappa shape index (κ2) is 9.94. The van der Waals surface area contributed by atoms with E-state index in [-0.39, 0.29) is 18.4 Å². The lowest BCUT2D eigenvalue weighted by atomic mass is 10.2. The smallest absolute Gasteiger partial charge is 0.255 e. The summed E-state index contributed by atoms with van der Waals surface area (Å²) >= 11 is 0. The van der Waals surface area contributed by atoms with E-state index in [1.54, 1.807) is 36.4 Å². The average Bonchev–Trinajstić information content (AvgIpc) is 2.74. The van der Waals surface area contributed by atoms with Gasteiger partial charge in [-0.3, -0.25) is 9.59 Å². The van der Waals surface area contributed by atoms with Crippen molar-refractivity contribution < 1.29 is 14.3 Å². The van der Waals surface area contributed by atoms with Crippen LogP contribution in [0.1, 0.15) is 17.3 Å². The van der Waals surface area contributed by atoms with E-state index in [1.165, 1.54) is 0 Å². The number of carbonyl (C=O) groups is 2. The van der Waals surface area contributed by atoms with Gasteiger partial charge in [-0.25, -0.2) is 0 Å². The van der Waals surface area contributed by atoms with Gasteiger partial charge in [0.25, 0.3) is 5.91 Å². The molecule has 3 N–H and O–H groups in total. The van der Waals surface area contributed by atoms with E-state index in [0.717, 1.165) is 11.4 Å². The molecule has 148 valence electrons. The predicted octanol–water partition coefficient (Wildman–Crippen LogP) is 4.39. The van der Waals surface area contributed by atoms with Gasteiger partial charge in [0.15, 0.2) is 0 Å². The lowest BCUT2D eigenvalue weighted by molar-refractivity contribution is -0.114. The number of ether oxygens (including phenoxy) is 1. The molecule has 0 spiro atoms. The van der Waals surface area contributed by atoms with Crippen LogP contribution in [-0.4, -0.2) is 25.0 Å². The van der Waals surface area contributed by atoms with Crippen LogP contribution in [0.4, 0.5) is 17.1 Å². The number of benzene rings is 3. The number of nitrogens with one attached hydrogen (secondary N) is 3. The molecule has 0 aliphatic rings. The summed E-state index contributed by atoms with van der Waals surface area (Å²) in [6.07, 6.45) is 0. The number of amides is 2. The largest absolute Gasteiger partial charge is 0.494 e. The zero-order valence-corrected chi connectivity index (χ0v) is 16.1. The van der Waals surface area contributed by atoms with Gasteiger partial charge in [0.05, 0.1) is 13.2 Å². The van der Waals surface area contributed by atoms with E-state index in [4.69, 9.17) is 4.74 Å². The fraction of sp³-hybridized carbons (Fsp3) is 0.130. The van der Waals surface area contributed by atoms with Crippen LogP contribution in [0.15, 0.2) is 78.9 Å². The molecule has 0 bridgehead atoms. The highest BCUT2D eigenvalue weighted by Gasteiger charge is 2.07. The Morgan fingerprint density at radius 2 is 1.48 bits per heavy atom. The first-order chi connectivity index (χ1) is 14.1. The van der Waals surface area contributed by atoms with E-state index < -0.39 is 0 Å². The molecular weight excluding hydrogens is 366 g/mol. The molecule has 0 saturated carbocycles. The van der Waals surface area contributed by atoms with E-state index in [2.05, 4.69) is 16.0 Å². The third-order valence-corrected chi connectivity index (χ3v) is 4.06. The van der Waals surface area contributed by atoms with Gasteiger partial charge in [0.1, 0.15) is 5.75 Å². The maximum Gasteiger partial charge on any atom is 0.255 e. The highest BCUT2D eigenvalue weighted by Crippen LogP contribution is 2.17. The van der Waals surface area contributed by atoms with Gasteiger partial charge in [-0.15, -0.1) is 0 Å². The van der Waals surface area contributed by atoms with Crippen LogP contribution in [-0.2, 0) is 4.79 Å². The zero-order valence-electron chi connectivity index (χ0n) is 16.1. The van der Waals surface area contributed by atoms with Gasteiger partial charge in [0, 0.05) is 22.6 Å². The first kappa shape index (κ1) is 19.9. The summed E-state index contributed by atoms with van der Waals surface area (Å²) < 4.78 is 5.40. The Morgan fingerprint density at radius 3 is 2.17 bits per heavy atom. The Morgan fingerprint density at radius 1 is 0.793 bits per heavy atom. The lowest BCUT2D eigenvalue weighted by Crippen LogP contribution is -2.21. The predicted molar refractivity (Wildman–Crippen MR) is 116 cm³/mol. The molecule has 3 rings (SSSR count). The number of carbonyl (C=O) groups excluding carboxylic acids is 2. The molecule has 0 fully saturated rings. The summed E-state index contributed by atoms with van der Waals surface area (Å²) in [5.74, 6) is 0.397. The minimum atomic E-state index is -0.203. The molecule has 0 atom stereocenters. The molecule has 3 aromatic rings. The standard InChI is InChI=1S/C23H23N3O3/c1-2-29-21-13-11-18(12-14-21)24-16-22(27)25-19-9-6-10-20(15-19)26-23(28)17-7-4-3-5-8-17/h3-15,24H,2,16H2,1H3,(H,25,27)(H,26,28). The third kappa shape index (κ3) is 6.10. The van der Waals surface area contributed by atoms with Crippen molar-refractivity contribution in [1.29, 1.82) is 0 Å². The van der Waals surface area contributed by atoms with Gasteiger partial charge in [-0.1, -0.05) is 24.3 Å². The minimum absolute atomic E-state index is 0.120. The second-order valence-electron chi connectivity index (χ2n) is 6.26. The van der Waals surface area contributed by atoms with Crippen LogP contribution >= 0.6 is 0 Å². The van der Waals surface area contributed by atoms with Gasteiger partial charge in [-0.2, -0.15) is 0 Å². The molecule has 0 aliphatic carbocycles. The van der Waals surface area contributed by atoms with E-state index in [9.17, 15) is 9.59 Å². The molecule has 0 saturated heterocycles. The fourth-order valence-electron chi connectivity index (χ4n) is 2.69. The number of hydrogen-bond acceptors (Lipinski definition) is 4.